The molecule has 0 unspecified atom stereocenters. The van der Waals surface area contributed by atoms with Crippen LogP contribution in [0.15, 0.2) is 55.0 Å². The summed E-state index contributed by atoms with van der Waals surface area (Å²) in [6.07, 6.45) is 7.08. The van der Waals surface area contributed by atoms with Crippen molar-refractivity contribution in [1.29, 1.82) is 0 Å². The van der Waals surface area contributed by atoms with E-state index >= 15 is 0 Å². The summed E-state index contributed by atoms with van der Waals surface area (Å²) in [7, 11) is 0. The number of carboxylic acids is 1. The van der Waals surface area contributed by atoms with Gasteiger partial charge in [-0.25, -0.2) is 15.0 Å². The number of nitrogens with zero attached hydrogens (tertiary/aromatic N) is 7. The van der Waals surface area contributed by atoms with Crippen LogP contribution in [0.25, 0.3) is 11.3 Å². The normalized spacial score (nSPS) is 15.6. The van der Waals surface area contributed by atoms with Crippen molar-refractivity contribution in [3.8, 4) is 22.9 Å². The van der Waals surface area contributed by atoms with E-state index in [0.717, 1.165) is 55.8 Å². The van der Waals surface area contributed by atoms with Gasteiger partial charge in [0.15, 0.2) is 5.75 Å². The van der Waals surface area contributed by atoms with E-state index in [2.05, 4.69) is 24.9 Å². The van der Waals surface area contributed by atoms with Crippen LogP contribution in [0.4, 0.5) is 5.95 Å². The molecule has 3 aromatic heterocycles. The van der Waals surface area contributed by atoms with Gasteiger partial charge in [-0.15, -0.1) is 12.4 Å². The minimum atomic E-state index is -0.732. The van der Waals surface area contributed by atoms with Crippen molar-refractivity contribution in [3.05, 3.63) is 76.3 Å². The highest BCUT2D eigenvalue weighted by Gasteiger charge is 2.22. The number of benzene rings is 1. The van der Waals surface area contributed by atoms with E-state index in [1.807, 2.05) is 41.2 Å². The molecule has 1 saturated heterocycles. The maximum absolute atomic E-state index is 11.1. The molecule has 1 fully saturated rings. The molecule has 6 rings (SSSR count). The molecule has 0 amide bonds. The van der Waals surface area contributed by atoms with Gasteiger partial charge in [-0.2, -0.15) is 5.10 Å². The molecular formula is C29H30Cl3N7O3. The number of anilines is 1. The van der Waals surface area contributed by atoms with E-state index in [4.69, 9.17) is 38.0 Å². The lowest BCUT2D eigenvalue weighted by atomic mass is 9.93. The van der Waals surface area contributed by atoms with Crippen LogP contribution < -0.4 is 9.64 Å². The molecule has 4 aromatic rings. The highest BCUT2D eigenvalue weighted by Crippen LogP contribution is 2.31. The van der Waals surface area contributed by atoms with Crippen molar-refractivity contribution in [3.63, 3.8) is 0 Å². The predicted octanol–water partition coefficient (Wildman–Crippen LogP) is 5.96. The second-order valence-corrected chi connectivity index (χ2v) is 11.3. The van der Waals surface area contributed by atoms with Crippen LogP contribution in [0, 0.1) is 5.92 Å². The number of hydrogen-bond acceptors (Lipinski definition) is 8. The summed E-state index contributed by atoms with van der Waals surface area (Å²) in [6, 6.07) is 11.3. The van der Waals surface area contributed by atoms with Crippen molar-refractivity contribution in [2.24, 2.45) is 5.92 Å². The minimum absolute atomic E-state index is 0. The molecule has 0 bridgehead atoms. The molecule has 0 atom stereocenters. The van der Waals surface area contributed by atoms with Crippen LogP contribution in [0.2, 0.25) is 10.0 Å². The molecular weight excluding hydrogens is 601 g/mol. The van der Waals surface area contributed by atoms with Crippen LogP contribution in [-0.4, -0.2) is 60.3 Å². The number of likely N-dealkylation sites (tertiary alicyclic amines) is 1. The van der Waals surface area contributed by atoms with Gasteiger partial charge in [0.2, 0.25) is 11.8 Å². The van der Waals surface area contributed by atoms with Gasteiger partial charge in [0, 0.05) is 47.4 Å². The highest BCUT2D eigenvalue weighted by atomic mass is 35.5. The maximum Gasteiger partial charge on any atom is 0.303 e. The maximum atomic E-state index is 11.1. The van der Waals surface area contributed by atoms with E-state index < -0.39 is 5.97 Å². The van der Waals surface area contributed by atoms with Gasteiger partial charge >= 0.3 is 5.97 Å². The molecule has 0 radical (unpaired) electrons. The summed E-state index contributed by atoms with van der Waals surface area (Å²) in [4.78, 5) is 29.4. The molecule has 13 heteroatoms. The Morgan fingerprint density at radius 3 is 2.45 bits per heavy atom. The van der Waals surface area contributed by atoms with Gasteiger partial charge in [-0.05, 0) is 67.7 Å². The van der Waals surface area contributed by atoms with Gasteiger partial charge in [-0.3, -0.25) is 14.4 Å². The Balaban J connectivity index is 0.00000353. The Bertz CT molecular complexity index is 1520. The zero-order valence-electron chi connectivity index (χ0n) is 22.7. The lowest BCUT2D eigenvalue weighted by Crippen LogP contribution is -2.34. The number of halogens is 3. The number of carboxylic acid groups (broad SMARTS) is 1. The second kappa shape index (κ2) is 13.2. The third-order valence-electron chi connectivity index (χ3n) is 7.46. The smallest absolute Gasteiger partial charge is 0.303 e. The summed E-state index contributed by atoms with van der Waals surface area (Å²) in [5, 5.41) is 14.5. The van der Waals surface area contributed by atoms with Gasteiger partial charge in [0.1, 0.15) is 0 Å². The SMILES string of the molecule is Cl.O=C(O)CC1CCN(Cc2cc(Oc3cnc(N4CCn5nccc5C4)nc3)nc(-c3cc(Cl)cc(Cl)c3)c2)CC1. The number of carbonyl (C=O) groups is 1. The van der Waals surface area contributed by atoms with Crippen molar-refractivity contribution >= 4 is 47.5 Å². The van der Waals surface area contributed by atoms with Crippen LogP contribution >= 0.6 is 35.6 Å². The Morgan fingerprint density at radius 2 is 1.74 bits per heavy atom. The Hall–Kier alpha value is -3.44. The average molecular weight is 631 g/mol. The van der Waals surface area contributed by atoms with Crippen molar-refractivity contribution in [1.82, 2.24) is 29.6 Å². The first kappa shape index (κ1) is 30.0. The topological polar surface area (TPSA) is 109 Å². The van der Waals surface area contributed by atoms with Crippen molar-refractivity contribution < 1.29 is 14.6 Å². The van der Waals surface area contributed by atoms with Gasteiger partial charge in [-0.1, -0.05) is 23.2 Å². The molecule has 42 heavy (non-hydrogen) atoms. The Morgan fingerprint density at radius 1 is 1.00 bits per heavy atom. The average Bonchev–Trinajstić information content (AvgIpc) is 3.42. The van der Waals surface area contributed by atoms with Gasteiger partial charge in [0.05, 0.1) is 36.9 Å². The molecule has 0 saturated carbocycles. The van der Waals surface area contributed by atoms with Gasteiger partial charge in [0.25, 0.3) is 0 Å². The molecule has 0 aliphatic carbocycles. The van der Waals surface area contributed by atoms with Crippen molar-refractivity contribution in [2.75, 3.05) is 24.5 Å². The monoisotopic (exact) mass is 629 g/mol. The minimum Gasteiger partial charge on any atom is -0.481 e. The number of aromatic nitrogens is 5. The van der Waals surface area contributed by atoms with E-state index in [0.29, 0.717) is 46.4 Å². The molecule has 0 spiro atoms. The molecule has 2 aliphatic heterocycles. The first-order valence-electron chi connectivity index (χ1n) is 13.5. The standard InChI is InChI=1S/C29H29Cl2N7O3.ClH/c30-22-12-21(13-23(31)14-22)26-9-20(17-36-5-2-19(3-6-36)11-28(39)40)10-27(35-26)41-25-15-32-29(33-16-25)37-7-8-38-24(18-37)1-4-34-38;/h1,4,9-10,12-16,19H,2-3,5-8,11,17-18H2,(H,39,40);1H. The first-order valence-corrected chi connectivity index (χ1v) is 14.3. The lowest BCUT2D eigenvalue weighted by molar-refractivity contribution is -0.138. The third-order valence-corrected chi connectivity index (χ3v) is 7.89. The fraction of sp³-hybridized carbons (Fsp3) is 0.345. The fourth-order valence-electron chi connectivity index (χ4n) is 5.41. The Kier molecular flexibility index (Phi) is 9.47. The van der Waals surface area contributed by atoms with Crippen LogP contribution in [0.3, 0.4) is 0 Å². The number of rotatable bonds is 8. The molecule has 1 aromatic carbocycles. The lowest BCUT2D eigenvalue weighted by Gasteiger charge is -2.31. The molecule has 2 aliphatic rings. The summed E-state index contributed by atoms with van der Waals surface area (Å²) >= 11 is 12.6. The van der Waals surface area contributed by atoms with E-state index in [1.54, 1.807) is 18.5 Å². The van der Waals surface area contributed by atoms with Crippen LogP contribution in [0.1, 0.15) is 30.5 Å². The third kappa shape index (κ3) is 7.30. The fourth-order valence-corrected chi connectivity index (χ4v) is 5.93. The predicted molar refractivity (Wildman–Crippen MR) is 163 cm³/mol. The number of piperidine rings is 1. The van der Waals surface area contributed by atoms with Crippen molar-refractivity contribution in [2.45, 2.75) is 38.9 Å². The zero-order valence-corrected chi connectivity index (χ0v) is 25.0. The number of hydrogen-bond donors (Lipinski definition) is 1. The molecule has 1 N–H and O–H groups in total. The molecule has 220 valence electrons. The number of pyridine rings is 1. The summed E-state index contributed by atoms with van der Waals surface area (Å²) in [6.45, 7) is 4.61. The molecule has 5 heterocycles. The summed E-state index contributed by atoms with van der Waals surface area (Å²) in [5.41, 5.74) is 3.61. The van der Waals surface area contributed by atoms with Crippen LogP contribution in [0.5, 0.6) is 11.6 Å². The Labute approximate surface area is 259 Å². The van der Waals surface area contributed by atoms with E-state index in [-0.39, 0.29) is 24.7 Å². The summed E-state index contributed by atoms with van der Waals surface area (Å²) in [5.74, 6) is 1.01. The first-order chi connectivity index (χ1) is 19.9. The zero-order chi connectivity index (χ0) is 28.3. The summed E-state index contributed by atoms with van der Waals surface area (Å²) < 4.78 is 8.15. The quantitative estimate of drug-likeness (QED) is 0.252. The number of ether oxygens (including phenoxy) is 1. The second-order valence-electron chi connectivity index (χ2n) is 10.5. The van der Waals surface area contributed by atoms with Crippen LogP contribution in [-0.2, 0) is 24.4 Å². The largest absolute Gasteiger partial charge is 0.481 e. The van der Waals surface area contributed by atoms with E-state index in [9.17, 15) is 4.79 Å². The number of fused-ring (bicyclic) bond motifs is 1. The van der Waals surface area contributed by atoms with Gasteiger partial charge < -0.3 is 14.7 Å². The van der Waals surface area contributed by atoms with E-state index in [1.165, 1.54) is 0 Å². The number of aliphatic carboxylic acids is 1. The highest BCUT2D eigenvalue weighted by molar-refractivity contribution is 6.35. The molecule has 10 nitrogen and oxygen atoms in total.